The third kappa shape index (κ3) is 1.64. The number of fused-ring (bicyclic) bond motifs is 1. The number of carbonyl (C=O) groups excluding carboxylic acids is 1. The lowest BCUT2D eigenvalue weighted by atomic mass is 9.98. The molecule has 1 aromatic carbocycles. The van der Waals surface area contributed by atoms with Gasteiger partial charge >= 0.3 is 0 Å². The number of rotatable bonds is 1. The van der Waals surface area contributed by atoms with E-state index >= 15 is 0 Å². The molecule has 3 rings (SSSR count). The highest BCUT2D eigenvalue weighted by Crippen LogP contribution is 2.34. The molecule has 2 aliphatic rings. The van der Waals surface area contributed by atoms with Crippen LogP contribution in [-0.4, -0.2) is 37.0 Å². The lowest BCUT2D eigenvalue weighted by molar-refractivity contribution is -0.127. The smallest absolute Gasteiger partial charge is 0.245 e. The molecular weight excluding hydrogens is 226 g/mol. The van der Waals surface area contributed by atoms with Gasteiger partial charge in [0.15, 0.2) is 0 Å². The largest absolute Gasteiger partial charge is 0.398 e. The Hall–Kier alpha value is -1.71. The molecule has 4 nitrogen and oxygen atoms in total. The number of hydrogen-bond donors (Lipinski definition) is 1. The fraction of sp³-hybridized carbons (Fsp3) is 0.500. The van der Waals surface area contributed by atoms with Crippen LogP contribution >= 0.6 is 0 Å². The van der Waals surface area contributed by atoms with Crippen LogP contribution in [0, 0.1) is 0 Å². The van der Waals surface area contributed by atoms with Gasteiger partial charge in [-0.05, 0) is 37.0 Å². The van der Waals surface area contributed by atoms with Crippen LogP contribution in [0.5, 0.6) is 0 Å². The normalized spacial score (nSPS) is 23.4. The van der Waals surface area contributed by atoms with Gasteiger partial charge in [-0.25, -0.2) is 0 Å². The molecule has 0 spiro atoms. The first-order valence-electron chi connectivity index (χ1n) is 6.57. The second-order valence-electron chi connectivity index (χ2n) is 5.21. The van der Waals surface area contributed by atoms with Crippen LogP contribution in [0.2, 0.25) is 0 Å². The zero-order valence-electron chi connectivity index (χ0n) is 10.7. The Morgan fingerprint density at radius 3 is 2.89 bits per heavy atom. The summed E-state index contributed by atoms with van der Waals surface area (Å²) in [7, 11) is 1.88. The highest BCUT2D eigenvalue weighted by Gasteiger charge is 2.36. The summed E-state index contributed by atoms with van der Waals surface area (Å²) in [6.45, 7) is 1.82. The predicted octanol–water partition coefficient (Wildman–Crippen LogP) is 1.25. The molecule has 96 valence electrons. The molecule has 1 atom stereocenters. The summed E-state index contributed by atoms with van der Waals surface area (Å²) >= 11 is 0. The fourth-order valence-electron chi connectivity index (χ4n) is 3.10. The molecule has 0 bridgehead atoms. The Bertz CT molecular complexity index is 486. The molecule has 4 heteroatoms. The summed E-state index contributed by atoms with van der Waals surface area (Å²) in [5.74, 6) is 0.241. The SMILES string of the molecule is CN1CCC(N2CCCc3c(N)cccc32)C1=O. The monoisotopic (exact) mass is 245 g/mol. The van der Waals surface area contributed by atoms with Crippen molar-refractivity contribution in [3.63, 3.8) is 0 Å². The summed E-state index contributed by atoms with van der Waals surface area (Å²) in [6.07, 6.45) is 3.02. The minimum Gasteiger partial charge on any atom is -0.398 e. The van der Waals surface area contributed by atoms with Crippen LogP contribution in [0.3, 0.4) is 0 Å². The maximum absolute atomic E-state index is 12.2. The lowest BCUT2D eigenvalue weighted by Gasteiger charge is -2.35. The molecule has 0 saturated carbocycles. The van der Waals surface area contributed by atoms with Crippen molar-refractivity contribution in [1.29, 1.82) is 0 Å². The van der Waals surface area contributed by atoms with Crippen molar-refractivity contribution in [3.05, 3.63) is 23.8 Å². The average molecular weight is 245 g/mol. The van der Waals surface area contributed by atoms with Gasteiger partial charge in [-0.3, -0.25) is 4.79 Å². The van der Waals surface area contributed by atoms with E-state index < -0.39 is 0 Å². The van der Waals surface area contributed by atoms with E-state index in [2.05, 4.69) is 11.0 Å². The van der Waals surface area contributed by atoms with Crippen molar-refractivity contribution in [3.8, 4) is 0 Å². The number of nitrogens with zero attached hydrogens (tertiary/aromatic N) is 2. The van der Waals surface area contributed by atoms with E-state index in [-0.39, 0.29) is 11.9 Å². The third-order valence-corrected chi connectivity index (χ3v) is 4.10. The summed E-state index contributed by atoms with van der Waals surface area (Å²) in [6, 6.07) is 6.03. The van der Waals surface area contributed by atoms with E-state index in [1.54, 1.807) is 0 Å². The van der Waals surface area contributed by atoms with E-state index in [9.17, 15) is 4.79 Å². The Balaban J connectivity index is 1.97. The van der Waals surface area contributed by atoms with E-state index in [0.717, 1.165) is 43.7 Å². The number of amides is 1. The number of likely N-dealkylation sites (tertiary alicyclic amines) is 1. The van der Waals surface area contributed by atoms with E-state index in [1.807, 2.05) is 24.1 Å². The zero-order valence-corrected chi connectivity index (χ0v) is 10.7. The van der Waals surface area contributed by atoms with Gasteiger partial charge in [-0.2, -0.15) is 0 Å². The average Bonchev–Trinajstić information content (AvgIpc) is 2.70. The zero-order chi connectivity index (χ0) is 12.7. The number of nitrogens with two attached hydrogens (primary N) is 1. The summed E-state index contributed by atoms with van der Waals surface area (Å²) < 4.78 is 0. The predicted molar refractivity (Wildman–Crippen MR) is 72.6 cm³/mol. The Kier molecular flexibility index (Phi) is 2.65. The maximum atomic E-state index is 12.2. The fourth-order valence-corrected chi connectivity index (χ4v) is 3.10. The summed E-state index contributed by atoms with van der Waals surface area (Å²) in [5.41, 5.74) is 9.28. The number of likely N-dealkylation sites (N-methyl/N-ethyl adjacent to an activating group) is 1. The van der Waals surface area contributed by atoms with Crippen LogP contribution in [0.15, 0.2) is 18.2 Å². The molecule has 0 aromatic heterocycles. The lowest BCUT2D eigenvalue weighted by Crippen LogP contribution is -2.43. The van der Waals surface area contributed by atoms with E-state index in [4.69, 9.17) is 5.73 Å². The van der Waals surface area contributed by atoms with E-state index in [1.165, 1.54) is 5.56 Å². The van der Waals surface area contributed by atoms with Gasteiger partial charge in [0, 0.05) is 31.5 Å². The van der Waals surface area contributed by atoms with Crippen molar-refractivity contribution in [1.82, 2.24) is 4.90 Å². The second kappa shape index (κ2) is 4.19. The van der Waals surface area contributed by atoms with Gasteiger partial charge in [-0.1, -0.05) is 6.07 Å². The highest BCUT2D eigenvalue weighted by molar-refractivity contribution is 5.88. The highest BCUT2D eigenvalue weighted by atomic mass is 16.2. The number of hydrogen-bond acceptors (Lipinski definition) is 3. The van der Waals surface area contributed by atoms with Crippen molar-refractivity contribution in [2.24, 2.45) is 0 Å². The maximum Gasteiger partial charge on any atom is 0.245 e. The first kappa shape index (κ1) is 11.4. The molecule has 1 aromatic rings. The first-order chi connectivity index (χ1) is 8.68. The Labute approximate surface area is 107 Å². The van der Waals surface area contributed by atoms with Crippen LogP contribution in [-0.2, 0) is 11.2 Å². The van der Waals surface area contributed by atoms with Crippen molar-refractivity contribution in [2.45, 2.75) is 25.3 Å². The number of nitrogen functional groups attached to an aromatic ring is 1. The molecule has 1 fully saturated rings. The minimum absolute atomic E-state index is 0.0100. The quantitative estimate of drug-likeness (QED) is 0.758. The molecule has 0 radical (unpaired) electrons. The number of carbonyl (C=O) groups is 1. The molecule has 1 amide bonds. The van der Waals surface area contributed by atoms with Crippen molar-refractivity contribution in [2.75, 3.05) is 30.8 Å². The molecular formula is C14H19N3O. The first-order valence-corrected chi connectivity index (χ1v) is 6.57. The van der Waals surface area contributed by atoms with Gasteiger partial charge in [-0.15, -0.1) is 0 Å². The third-order valence-electron chi connectivity index (χ3n) is 4.10. The van der Waals surface area contributed by atoms with Crippen LogP contribution < -0.4 is 10.6 Å². The number of anilines is 2. The van der Waals surface area contributed by atoms with Gasteiger partial charge in [0.25, 0.3) is 0 Å². The number of benzene rings is 1. The van der Waals surface area contributed by atoms with E-state index in [0.29, 0.717) is 0 Å². The summed E-state index contributed by atoms with van der Waals surface area (Å²) in [4.78, 5) is 16.2. The van der Waals surface area contributed by atoms with Gasteiger partial charge in [0.1, 0.15) is 6.04 Å². The minimum atomic E-state index is 0.0100. The second-order valence-corrected chi connectivity index (χ2v) is 5.21. The Morgan fingerprint density at radius 1 is 1.33 bits per heavy atom. The molecule has 2 N–H and O–H groups in total. The van der Waals surface area contributed by atoms with Crippen LogP contribution in [0.25, 0.3) is 0 Å². The molecule has 0 aliphatic carbocycles. The van der Waals surface area contributed by atoms with Crippen LogP contribution in [0.1, 0.15) is 18.4 Å². The molecule has 2 aliphatic heterocycles. The van der Waals surface area contributed by atoms with Gasteiger partial charge < -0.3 is 15.5 Å². The van der Waals surface area contributed by atoms with Crippen molar-refractivity contribution < 1.29 is 4.79 Å². The van der Waals surface area contributed by atoms with Crippen LogP contribution in [0.4, 0.5) is 11.4 Å². The van der Waals surface area contributed by atoms with Gasteiger partial charge in [0.2, 0.25) is 5.91 Å². The summed E-state index contributed by atoms with van der Waals surface area (Å²) in [5, 5.41) is 0. The standard InChI is InChI=1S/C14H19N3O/c1-16-9-7-13(14(16)18)17-8-3-4-10-11(15)5-2-6-12(10)17/h2,5-6,13H,3-4,7-9,15H2,1H3. The van der Waals surface area contributed by atoms with Gasteiger partial charge in [0.05, 0.1) is 0 Å². The molecule has 1 saturated heterocycles. The molecule has 2 heterocycles. The topological polar surface area (TPSA) is 49.6 Å². The molecule has 18 heavy (non-hydrogen) atoms. The Morgan fingerprint density at radius 2 is 2.17 bits per heavy atom. The van der Waals surface area contributed by atoms with Crippen molar-refractivity contribution >= 4 is 17.3 Å². The molecule has 1 unspecified atom stereocenters.